The minimum Gasteiger partial charge on any atom is -0.224 e. The van der Waals surface area contributed by atoms with E-state index in [9.17, 15) is 0 Å². The number of hydrogen-bond acceptors (Lipinski definition) is 4. The van der Waals surface area contributed by atoms with E-state index in [-0.39, 0.29) is 0 Å². The van der Waals surface area contributed by atoms with E-state index in [2.05, 4.69) is 49.2 Å². The van der Waals surface area contributed by atoms with E-state index in [1.807, 2.05) is 0 Å². The fourth-order valence-corrected chi connectivity index (χ4v) is 2.16. The average molecular weight is 214 g/mol. The molecule has 0 aromatic heterocycles. The van der Waals surface area contributed by atoms with Crippen molar-refractivity contribution in [2.75, 3.05) is 0 Å². The van der Waals surface area contributed by atoms with Crippen molar-refractivity contribution in [2.24, 2.45) is 5.92 Å². The lowest BCUT2D eigenvalue weighted by Crippen LogP contribution is -2.48. The van der Waals surface area contributed by atoms with Crippen LogP contribution in [0.4, 0.5) is 0 Å². The van der Waals surface area contributed by atoms with Crippen LogP contribution in [-0.4, -0.2) is 17.2 Å². The van der Waals surface area contributed by atoms with Gasteiger partial charge in [-0.1, -0.05) is 33.1 Å². The molecule has 4 nitrogen and oxygen atoms in total. The lowest BCUT2D eigenvalue weighted by Gasteiger charge is -2.31. The highest BCUT2D eigenvalue weighted by Gasteiger charge is 2.31. The van der Waals surface area contributed by atoms with Gasteiger partial charge in [-0.15, -0.1) is 0 Å². The van der Waals surface area contributed by atoms with Crippen LogP contribution >= 0.6 is 0 Å². The molecule has 0 amide bonds. The molecule has 1 fully saturated rings. The lowest BCUT2D eigenvalue weighted by atomic mass is 9.95. The molecule has 0 aromatic rings. The Labute approximate surface area is 93.7 Å². The molecule has 15 heavy (non-hydrogen) atoms. The van der Waals surface area contributed by atoms with Crippen molar-refractivity contribution in [3.63, 3.8) is 0 Å². The molecule has 4 heteroatoms. The van der Waals surface area contributed by atoms with Gasteiger partial charge in [-0.25, -0.2) is 10.4 Å². The Morgan fingerprint density at radius 2 is 2.00 bits per heavy atom. The fourth-order valence-electron chi connectivity index (χ4n) is 2.16. The zero-order valence-electron chi connectivity index (χ0n) is 10.5. The highest BCUT2D eigenvalue weighted by atomic mass is 15.9. The van der Waals surface area contributed by atoms with Crippen LogP contribution in [0, 0.1) is 5.92 Å². The van der Waals surface area contributed by atoms with Crippen LogP contribution in [0.25, 0.3) is 0 Å². The maximum absolute atomic E-state index is 3.31. The first-order chi connectivity index (χ1) is 7.20. The summed E-state index contributed by atoms with van der Waals surface area (Å²) in [5.74, 6) is 0.717. The van der Waals surface area contributed by atoms with Gasteiger partial charge in [0.05, 0.1) is 6.17 Å². The van der Waals surface area contributed by atoms with Gasteiger partial charge in [0.1, 0.15) is 0 Å². The highest BCUT2D eigenvalue weighted by molar-refractivity contribution is 4.78. The average Bonchev–Trinajstić information content (AvgIpc) is 2.68. The van der Waals surface area contributed by atoms with Gasteiger partial charge in [-0.3, -0.25) is 0 Å². The predicted molar refractivity (Wildman–Crippen MR) is 63.5 cm³/mol. The van der Waals surface area contributed by atoms with Gasteiger partial charge < -0.3 is 0 Å². The second kappa shape index (κ2) is 6.43. The van der Waals surface area contributed by atoms with Crippen LogP contribution in [-0.2, 0) is 0 Å². The summed E-state index contributed by atoms with van der Waals surface area (Å²) in [7, 11) is 0. The van der Waals surface area contributed by atoms with Crippen molar-refractivity contribution in [1.29, 1.82) is 0 Å². The molecule has 1 aliphatic heterocycles. The van der Waals surface area contributed by atoms with E-state index < -0.39 is 0 Å². The molecule has 90 valence electrons. The molecular weight excluding hydrogens is 188 g/mol. The van der Waals surface area contributed by atoms with E-state index >= 15 is 0 Å². The Morgan fingerprint density at radius 3 is 2.53 bits per heavy atom. The van der Waals surface area contributed by atoms with E-state index in [1.54, 1.807) is 0 Å². The fraction of sp³-hybridized carbons (Fsp3) is 1.00. The molecule has 2 atom stereocenters. The van der Waals surface area contributed by atoms with Crippen molar-refractivity contribution >= 4 is 0 Å². The second-order valence-corrected chi connectivity index (χ2v) is 4.64. The number of hydrazine groups is 3. The van der Waals surface area contributed by atoms with Crippen LogP contribution in [0.15, 0.2) is 0 Å². The number of nitrogens with zero attached hydrogens (tertiary/aromatic N) is 1. The van der Waals surface area contributed by atoms with E-state index in [0.29, 0.717) is 12.2 Å². The minimum absolute atomic E-state index is 0.418. The first-order valence-corrected chi connectivity index (χ1v) is 6.25. The summed E-state index contributed by atoms with van der Waals surface area (Å²) in [6, 6.07) is 0.508. The predicted octanol–water partition coefficient (Wildman–Crippen LogP) is 1.77. The van der Waals surface area contributed by atoms with Crippen molar-refractivity contribution in [3.8, 4) is 0 Å². The summed E-state index contributed by atoms with van der Waals surface area (Å²) in [6.45, 7) is 8.95. The molecule has 1 rings (SSSR count). The van der Waals surface area contributed by atoms with Crippen LogP contribution in [0.3, 0.4) is 0 Å². The molecule has 0 spiro atoms. The van der Waals surface area contributed by atoms with Crippen LogP contribution < -0.4 is 16.5 Å². The van der Waals surface area contributed by atoms with Gasteiger partial charge in [0.2, 0.25) is 0 Å². The first kappa shape index (κ1) is 12.9. The largest absolute Gasteiger partial charge is 0.224 e. The third kappa shape index (κ3) is 3.41. The zero-order chi connectivity index (χ0) is 11.3. The molecule has 1 heterocycles. The monoisotopic (exact) mass is 214 g/mol. The van der Waals surface area contributed by atoms with Crippen LogP contribution in [0.5, 0.6) is 0 Å². The molecule has 0 bridgehead atoms. The normalized spacial score (nSPS) is 25.0. The first-order valence-electron chi connectivity index (χ1n) is 6.25. The lowest BCUT2D eigenvalue weighted by molar-refractivity contribution is 0.0848. The smallest absolute Gasteiger partial charge is 0.0918 e. The summed E-state index contributed by atoms with van der Waals surface area (Å²) >= 11 is 0. The van der Waals surface area contributed by atoms with E-state index in [1.165, 1.54) is 25.7 Å². The van der Waals surface area contributed by atoms with Crippen molar-refractivity contribution < 1.29 is 0 Å². The minimum atomic E-state index is 0.418. The molecule has 1 saturated heterocycles. The number of unbranched alkanes of at least 4 members (excludes halogenated alkanes) is 1. The standard InChI is InChI=1S/C11H26N4/c1-5-7-8-10(6-2)11-12-13-14-15(11)9(3)4/h9-14H,5-8H2,1-4H3. The van der Waals surface area contributed by atoms with Crippen molar-refractivity contribution in [1.82, 2.24) is 21.5 Å². The Kier molecular flexibility index (Phi) is 5.53. The third-order valence-corrected chi connectivity index (χ3v) is 3.16. The number of nitrogens with one attached hydrogen (secondary N) is 3. The molecule has 3 N–H and O–H groups in total. The Balaban J connectivity index is 2.50. The molecule has 0 aliphatic carbocycles. The summed E-state index contributed by atoms with van der Waals surface area (Å²) < 4.78 is 0. The zero-order valence-corrected chi connectivity index (χ0v) is 10.5. The van der Waals surface area contributed by atoms with E-state index in [0.717, 1.165) is 5.92 Å². The Morgan fingerprint density at radius 1 is 1.27 bits per heavy atom. The summed E-state index contributed by atoms with van der Waals surface area (Å²) in [5.41, 5.74) is 9.50. The maximum atomic E-state index is 3.31. The second-order valence-electron chi connectivity index (χ2n) is 4.64. The van der Waals surface area contributed by atoms with Crippen molar-refractivity contribution in [2.45, 2.75) is 65.6 Å². The quantitative estimate of drug-likeness (QED) is 0.630. The number of rotatable bonds is 6. The summed E-state index contributed by atoms with van der Waals surface area (Å²) in [5, 5.41) is 2.27. The van der Waals surface area contributed by atoms with Crippen molar-refractivity contribution in [3.05, 3.63) is 0 Å². The molecule has 0 radical (unpaired) electrons. The van der Waals surface area contributed by atoms with Gasteiger partial charge in [0.15, 0.2) is 0 Å². The van der Waals surface area contributed by atoms with Crippen LogP contribution in [0.1, 0.15) is 53.4 Å². The van der Waals surface area contributed by atoms with Gasteiger partial charge >= 0.3 is 0 Å². The van der Waals surface area contributed by atoms with E-state index in [4.69, 9.17) is 0 Å². The topological polar surface area (TPSA) is 39.3 Å². The van der Waals surface area contributed by atoms with Gasteiger partial charge in [0, 0.05) is 6.04 Å². The summed E-state index contributed by atoms with van der Waals surface area (Å²) in [4.78, 5) is 0. The molecule has 1 aliphatic rings. The van der Waals surface area contributed by atoms with Gasteiger partial charge in [-0.2, -0.15) is 11.1 Å². The third-order valence-electron chi connectivity index (χ3n) is 3.16. The maximum Gasteiger partial charge on any atom is 0.0918 e. The van der Waals surface area contributed by atoms with Gasteiger partial charge in [0.25, 0.3) is 0 Å². The molecule has 0 aromatic carbocycles. The number of hydrogen-bond donors (Lipinski definition) is 3. The SMILES string of the molecule is CCCCC(CC)C1NNNN1C(C)C. The van der Waals surface area contributed by atoms with Gasteiger partial charge in [-0.05, 0) is 26.2 Å². The molecular formula is C11H26N4. The molecule has 0 saturated carbocycles. The molecule has 2 unspecified atom stereocenters. The Hall–Kier alpha value is -0.160. The van der Waals surface area contributed by atoms with Crippen LogP contribution in [0.2, 0.25) is 0 Å². The summed E-state index contributed by atoms with van der Waals surface area (Å²) in [6.07, 6.45) is 5.55. The highest BCUT2D eigenvalue weighted by Crippen LogP contribution is 2.21. The Bertz CT molecular complexity index is 172.